The third-order valence-corrected chi connectivity index (χ3v) is 5.54. The van der Waals surface area contributed by atoms with Gasteiger partial charge < -0.3 is 14.8 Å². The summed E-state index contributed by atoms with van der Waals surface area (Å²) in [6.07, 6.45) is 0. The van der Waals surface area contributed by atoms with Crippen molar-refractivity contribution < 1.29 is 36.2 Å². The molecule has 0 aliphatic heterocycles. The molecule has 4 rings (SSSR count). The summed E-state index contributed by atoms with van der Waals surface area (Å²) in [5.41, 5.74) is -3.05. The number of rotatable bonds is 7. The molecule has 0 fully saturated rings. The molecule has 0 aliphatic carbocycles. The normalized spacial score (nSPS) is 11.1. The van der Waals surface area contributed by atoms with Crippen molar-refractivity contribution in [3.8, 4) is 28.6 Å². The fourth-order valence-electron chi connectivity index (χ4n) is 3.67. The summed E-state index contributed by atoms with van der Waals surface area (Å²) < 4.78 is 80.3. The average molecular weight is 555 g/mol. The summed E-state index contributed by atoms with van der Waals surface area (Å²) in [5.74, 6) is -5.24. The van der Waals surface area contributed by atoms with E-state index in [0.717, 1.165) is 53.2 Å². The molecule has 14 heteroatoms. The molecule has 38 heavy (non-hydrogen) atoms. The van der Waals surface area contributed by atoms with Gasteiger partial charge in [0.2, 0.25) is 0 Å². The Labute approximate surface area is 215 Å². The molecule has 1 amide bonds. The quantitative estimate of drug-likeness (QED) is 0.252. The molecule has 2 aromatic carbocycles. The van der Waals surface area contributed by atoms with Gasteiger partial charge in [-0.1, -0.05) is 11.6 Å². The maximum Gasteiger partial charge on any atom is 0.387 e. The lowest BCUT2D eigenvalue weighted by atomic mass is 10.1. The Morgan fingerprint density at radius 1 is 1.00 bits per heavy atom. The van der Waals surface area contributed by atoms with E-state index in [2.05, 4.69) is 15.0 Å². The SMILES string of the molecule is COc1cc(F)c(-c2c(NC(=O)c3ccc(OC(F)F)cc3)c(=O)n(-c3nc(Cl)ccc3F)n2C)c(F)c1. The second kappa shape index (κ2) is 10.5. The summed E-state index contributed by atoms with van der Waals surface area (Å²) in [7, 11) is 2.38. The van der Waals surface area contributed by atoms with Gasteiger partial charge in [0.1, 0.15) is 39.7 Å². The molecule has 0 atom stereocenters. The molecule has 0 spiro atoms. The first-order chi connectivity index (χ1) is 18.0. The van der Waals surface area contributed by atoms with Crippen molar-refractivity contribution in [2.45, 2.75) is 6.61 Å². The number of carbonyl (C=O) groups is 1. The van der Waals surface area contributed by atoms with E-state index in [1.165, 1.54) is 14.2 Å². The second-order valence-corrected chi connectivity index (χ2v) is 8.01. The van der Waals surface area contributed by atoms with E-state index in [1.54, 1.807) is 0 Å². The molecule has 2 aromatic heterocycles. The summed E-state index contributed by atoms with van der Waals surface area (Å²) >= 11 is 5.86. The van der Waals surface area contributed by atoms with Gasteiger partial charge in [0.15, 0.2) is 11.6 Å². The smallest absolute Gasteiger partial charge is 0.387 e. The number of nitrogens with one attached hydrogen (secondary N) is 1. The van der Waals surface area contributed by atoms with Crippen molar-refractivity contribution in [3.05, 3.63) is 87.1 Å². The Hall–Kier alpha value is -4.39. The standard InChI is InChI=1S/C24H16ClF5N4O4/c1-33-20(18-15(27)9-13(37-2)10-16(18)28)19(23(36)34(33)21-14(26)7-8-17(25)31-21)32-22(35)11-3-5-12(6-4-11)38-24(29)30/h3-10,24H,1-2H3,(H,32,35). The number of methoxy groups -OCH3 is 1. The number of carbonyl (C=O) groups excluding carboxylic acids is 1. The van der Waals surface area contributed by atoms with Crippen LogP contribution >= 0.6 is 11.6 Å². The number of alkyl halides is 2. The van der Waals surface area contributed by atoms with Crippen LogP contribution < -0.4 is 20.3 Å². The van der Waals surface area contributed by atoms with Crippen molar-refractivity contribution in [3.63, 3.8) is 0 Å². The highest BCUT2D eigenvalue weighted by atomic mass is 35.5. The lowest BCUT2D eigenvalue weighted by Gasteiger charge is -2.13. The molecule has 2 heterocycles. The number of nitrogens with zero attached hydrogens (tertiary/aromatic N) is 3. The molecule has 0 radical (unpaired) electrons. The van der Waals surface area contributed by atoms with E-state index >= 15 is 8.78 Å². The monoisotopic (exact) mass is 554 g/mol. The highest BCUT2D eigenvalue weighted by Gasteiger charge is 2.29. The summed E-state index contributed by atoms with van der Waals surface area (Å²) in [5, 5.41) is 2.09. The third kappa shape index (κ3) is 5.05. The van der Waals surface area contributed by atoms with Gasteiger partial charge in [-0.3, -0.25) is 14.3 Å². The van der Waals surface area contributed by atoms with Gasteiger partial charge in [0, 0.05) is 24.7 Å². The Kier molecular flexibility index (Phi) is 7.39. The van der Waals surface area contributed by atoms with E-state index in [-0.39, 0.29) is 22.2 Å². The molecule has 0 saturated carbocycles. The predicted octanol–water partition coefficient (Wildman–Crippen LogP) is 5.17. The fourth-order valence-corrected chi connectivity index (χ4v) is 3.81. The predicted molar refractivity (Wildman–Crippen MR) is 127 cm³/mol. The van der Waals surface area contributed by atoms with Crippen LogP contribution in [0, 0.1) is 17.5 Å². The van der Waals surface area contributed by atoms with Gasteiger partial charge in [-0.25, -0.2) is 18.2 Å². The topological polar surface area (TPSA) is 87.4 Å². The minimum Gasteiger partial charge on any atom is -0.497 e. The van der Waals surface area contributed by atoms with Crippen LogP contribution in [0.3, 0.4) is 0 Å². The lowest BCUT2D eigenvalue weighted by molar-refractivity contribution is -0.0498. The van der Waals surface area contributed by atoms with Crippen LogP contribution in [0.5, 0.6) is 11.5 Å². The number of benzene rings is 2. The molecular formula is C24H16ClF5N4O4. The molecule has 4 aromatic rings. The van der Waals surface area contributed by atoms with Crippen LogP contribution in [-0.2, 0) is 7.05 Å². The Bertz CT molecular complexity index is 1570. The number of ether oxygens (including phenoxy) is 2. The first kappa shape index (κ1) is 26.7. The van der Waals surface area contributed by atoms with Gasteiger partial charge in [-0.15, -0.1) is 0 Å². The second-order valence-electron chi connectivity index (χ2n) is 7.63. The van der Waals surface area contributed by atoms with Gasteiger partial charge in [-0.2, -0.15) is 13.5 Å². The van der Waals surface area contributed by atoms with Gasteiger partial charge in [0.05, 0.1) is 12.7 Å². The number of anilines is 1. The van der Waals surface area contributed by atoms with Crippen LogP contribution in [0.1, 0.15) is 10.4 Å². The zero-order valence-electron chi connectivity index (χ0n) is 19.4. The largest absolute Gasteiger partial charge is 0.497 e. The Balaban J connectivity index is 1.90. The number of hydrogen-bond acceptors (Lipinski definition) is 5. The highest BCUT2D eigenvalue weighted by molar-refractivity contribution is 6.29. The number of amides is 1. The molecule has 1 N–H and O–H groups in total. The van der Waals surface area contributed by atoms with E-state index < -0.39 is 58.3 Å². The number of aromatic nitrogens is 3. The van der Waals surface area contributed by atoms with Crippen LogP contribution in [0.25, 0.3) is 17.1 Å². The summed E-state index contributed by atoms with van der Waals surface area (Å²) in [4.78, 5) is 30.2. The Morgan fingerprint density at radius 2 is 1.63 bits per heavy atom. The van der Waals surface area contributed by atoms with Crippen molar-refractivity contribution in [1.82, 2.24) is 14.3 Å². The maximum absolute atomic E-state index is 15.1. The van der Waals surface area contributed by atoms with Crippen molar-refractivity contribution >= 4 is 23.2 Å². The summed E-state index contributed by atoms with van der Waals surface area (Å²) in [6.45, 7) is -3.09. The number of pyridine rings is 1. The van der Waals surface area contributed by atoms with Gasteiger partial charge in [-0.05, 0) is 36.4 Å². The van der Waals surface area contributed by atoms with Crippen LogP contribution in [0.15, 0.2) is 53.3 Å². The van der Waals surface area contributed by atoms with E-state index in [0.29, 0.717) is 4.68 Å². The van der Waals surface area contributed by atoms with Crippen molar-refractivity contribution in [2.75, 3.05) is 12.4 Å². The highest BCUT2D eigenvalue weighted by Crippen LogP contribution is 2.34. The lowest BCUT2D eigenvalue weighted by Crippen LogP contribution is -2.24. The van der Waals surface area contributed by atoms with Crippen LogP contribution in [0.4, 0.5) is 27.6 Å². The average Bonchev–Trinajstić information content (AvgIpc) is 3.09. The van der Waals surface area contributed by atoms with Gasteiger partial charge in [0.25, 0.3) is 11.5 Å². The molecule has 0 bridgehead atoms. The van der Waals surface area contributed by atoms with E-state index in [1.807, 2.05) is 0 Å². The number of halogens is 6. The minimum atomic E-state index is -3.09. The third-order valence-electron chi connectivity index (χ3n) is 5.33. The summed E-state index contributed by atoms with van der Waals surface area (Å²) in [6, 6.07) is 8.18. The molecule has 0 aliphatic rings. The molecular weight excluding hydrogens is 539 g/mol. The number of hydrogen-bond donors (Lipinski definition) is 1. The minimum absolute atomic E-state index is 0.116. The van der Waals surface area contributed by atoms with Crippen LogP contribution in [0.2, 0.25) is 5.15 Å². The van der Waals surface area contributed by atoms with Crippen LogP contribution in [-0.4, -0.2) is 34.0 Å². The first-order valence-corrected chi connectivity index (χ1v) is 10.9. The maximum atomic E-state index is 15.1. The molecule has 8 nitrogen and oxygen atoms in total. The zero-order chi connectivity index (χ0) is 27.7. The van der Waals surface area contributed by atoms with E-state index in [9.17, 15) is 22.8 Å². The van der Waals surface area contributed by atoms with Crippen molar-refractivity contribution in [2.24, 2.45) is 7.05 Å². The molecule has 0 saturated heterocycles. The fraction of sp³-hybridized carbons (Fsp3) is 0.125. The van der Waals surface area contributed by atoms with Gasteiger partial charge >= 0.3 is 6.61 Å². The van der Waals surface area contributed by atoms with Crippen molar-refractivity contribution in [1.29, 1.82) is 0 Å². The first-order valence-electron chi connectivity index (χ1n) is 10.6. The van der Waals surface area contributed by atoms with E-state index in [4.69, 9.17) is 16.3 Å². The Morgan fingerprint density at radius 3 is 2.21 bits per heavy atom. The zero-order valence-corrected chi connectivity index (χ0v) is 20.2. The molecule has 198 valence electrons. The molecule has 0 unspecified atom stereocenters.